The van der Waals surface area contributed by atoms with Crippen molar-refractivity contribution in [2.24, 2.45) is 0 Å². The molecule has 0 saturated heterocycles. The first-order chi connectivity index (χ1) is 16.1. The summed E-state index contributed by atoms with van der Waals surface area (Å²) < 4.78 is 19.5. The number of H-pyrrole nitrogens is 1. The predicted molar refractivity (Wildman–Crippen MR) is 127 cm³/mol. The Balaban J connectivity index is 1.39. The van der Waals surface area contributed by atoms with Crippen LogP contribution in [0.15, 0.2) is 66.9 Å². The molecule has 3 heterocycles. The van der Waals surface area contributed by atoms with Crippen LogP contribution >= 0.6 is 0 Å². The van der Waals surface area contributed by atoms with Crippen LogP contribution in [-0.4, -0.2) is 35.1 Å². The quantitative estimate of drug-likeness (QED) is 0.444. The summed E-state index contributed by atoms with van der Waals surface area (Å²) >= 11 is 0. The van der Waals surface area contributed by atoms with E-state index in [9.17, 15) is 4.39 Å². The third-order valence-corrected chi connectivity index (χ3v) is 6.11. The number of ether oxygens (including phenoxy) is 1. The molecule has 0 amide bonds. The van der Waals surface area contributed by atoms with Crippen molar-refractivity contribution < 1.29 is 9.13 Å². The number of rotatable bonds is 5. The minimum Gasteiger partial charge on any atom is -0.496 e. The van der Waals surface area contributed by atoms with Gasteiger partial charge in [-0.3, -0.25) is 4.90 Å². The molecule has 0 unspecified atom stereocenters. The first-order valence-corrected chi connectivity index (χ1v) is 10.9. The van der Waals surface area contributed by atoms with Crippen molar-refractivity contribution in [1.29, 1.82) is 5.26 Å². The molecule has 0 fully saturated rings. The highest BCUT2D eigenvalue weighted by Gasteiger charge is 2.18. The van der Waals surface area contributed by atoms with Gasteiger partial charge < -0.3 is 9.72 Å². The number of halogens is 1. The molecule has 1 aliphatic heterocycles. The minimum atomic E-state index is -0.302. The number of aromatic nitrogens is 2. The minimum absolute atomic E-state index is 0.302. The van der Waals surface area contributed by atoms with Crippen molar-refractivity contribution in [1.82, 2.24) is 14.9 Å². The number of methoxy groups -OCH3 is 1. The molecule has 0 atom stereocenters. The average Bonchev–Trinajstić information content (AvgIpc) is 3.29. The highest BCUT2D eigenvalue weighted by atomic mass is 19.1. The largest absolute Gasteiger partial charge is 0.496 e. The fraction of sp³-hybridized carbons (Fsp3) is 0.185. The van der Waals surface area contributed by atoms with E-state index in [2.05, 4.69) is 33.1 Å². The lowest BCUT2D eigenvalue weighted by Crippen LogP contribution is -2.28. The molecule has 1 aliphatic rings. The average molecular weight is 439 g/mol. The number of hydrogen-bond donors (Lipinski definition) is 1. The molecule has 0 spiro atoms. The number of nitrogens with one attached hydrogen (secondary N) is 1. The van der Waals surface area contributed by atoms with E-state index in [1.165, 1.54) is 23.3 Å². The van der Waals surface area contributed by atoms with Crippen LogP contribution in [0.25, 0.3) is 27.7 Å². The first-order valence-electron chi connectivity index (χ1n) is 10.9. The van der Waals surface area contributed by atoms with E-state index in [1.807, 2.05) is 30.3 Å². The standard InChI is InChI=1S/C27H23FN4O/c1-33-26-7-6-21(28)14-23(26)22-8-11-30-27-24(22)15-25(31-27)20-9-12-32(13-10-20)17-19-4-2-18(16-29)3-5-19/h2-9,11,14-15H,10,12-13,17H2,1H3,(H,30,31). The number of benzene rings is 2. The SMILES string of the molecule is COc1ccc(F)cc1-c1ccnc2[nH]c(C3=CCN(Cc4ccc(C#N)cc4)CC3)cc12. The Kier molecular flexibility index (Phi) is 5.64. The number of nitrogens with zero attached hydrogens (tertiary/aromatic N) is 3. The fourth-order valence-electron chi connectivity index (χ4n) is 4.37. The van der Waals surface area contributed by atoms with Crippen LogP contribution < -0.4 is 4.74 Å². The lowest BCUT2D eigenvalue weighted by molar-refractivity contribution is 0.294. The van der Waals surface area contributed by atoms with Crippen LogP contribution in [0.2, 0.25) is 0 Å². The van der Waals surface area contributed by atoms with Crippen LogP contribution in [0.5, 0.6) is 5.75 Å². The van der Waals surface area contributed by atoms with Gasteiger partial charge in [-0.05, 0) is 65.6 Å². The Bertz CT molecular complexity index is 1380. The number of hydrogen-bond acceptors (Lipinski definition) is 4. The summed E-state index contributed by atoms with van der Waals surface area (Å²) in [6.45, 7) is 2.65. The maximum Gasteiger partial charge on any atom is 0.138 e. The van der Waals surface area contributed by atoms with Gasteiger partial charge in [0.25, 0.3) is 0 Å². The summed E-state index contributed by atoms with van der Waals surface area (Å²) in [5.74, 6) is 0.325. The van der Waals surface area contributed by atoms with Gasteiger partial charge in [-0.2, -0.15) is 5.26 Å². The fourth-order valence-corrected chi connectivity index (χ4v) is 4.37. The number of nitriles is 1. The zero-order chi connectivity index (χ0) is 22.8. The number of pyridine rings is 1. The third kappa shape index (κ3) is 4.23. The first kappa shape index (κ1) is 20.9. The molecule has 0 saturated carbocycles. The molecular weight excluding hydrogens is 415 g/mol. The van der Waals surface area contributed by atoms with Crippen molar-refractivity contribution in [2.45, 2.75) is 13.0 Å². The molecule has 5 nitrogen and oxygen atoms in total. The van der Waals surface area contributed by atoms with Gasteiger partial charge in [0.2, 0.25) is 0 Å². The third-order valence-electron chi connectivity index (χ3n) is 6.11. The van der Waals surface area contributed by atoms with Crippen molar-refractivity contribution in [3.8, 4) is 22.9 Å². The van der Waals surface area contributed by atoms with Gasteiger partial charge in [-0.1, -0.05) is 18.2 Å². The van der Waals surface area contributed by atoms with E-state index in [4.69, 9.17) is 10.00 Å². The van der Waals surface area contributed by atoms with Crippen molar-refractivity contribution in [3.63, 3.8) is 0 Å². The second-order valence-corrected chi connectivity index (χ2v) is 8.17. The second-order valence-electron chi connectivity index (χ2n) is 8.17. The zero-order valence-corrected chi connectivity index (χ0v) is 18.3. The zero-order valence-electron chi connectivity index (χ0n) is 18.3. The summed E-state index contributed by atoms with van der Waals surface area (Å²) in [4.78, 5) is 10.3. The molecule has 1 N–H and O–H groups in total. The second kappa shape index (κ2) is 8.89. The molecule has 6 heteroatoms. The van der Waals surface area contributed by atoms with Gasteiger partial charge in [-0.25, -0.2) is 9.37 Å². The van der Waals surface area contributed by atoms with Crippen LogP contribution in [0.1, 0.15) is 23.2 Å². The molecule has 5 rings (SSSR count). The van der Waals surface area contributed by atoms with Gasteiger partial charge >= 0.3 is 0 Å². The molecular formula is C27H23FN4O. The molecule has 2 aromatic heterocycles. The predicted octanol–water partition coefficient (Wildman–Crippen LogP) is 5.54. The number of aromatic amines is 1. The van der Waals surface area contributed by atoms with Crippen LogP contribution in [0.4, 0.5) is 4.39 Å². The topological polar surface area (TPSA) is 64.9 Å². The summed E-state index contributed by atoms with van der Waals surface area (Å²) in [6, 6.07) is 18.5. The highest BCUT2D eigenvalue weighted by molar-refractivity contribution is 5.96. The van der Waals surface area contributed by atoms with Gasteiger partial charge in [0.05, 0.1) is 18.7 Å². The molecule has 33 heavy (non-hydrogen) atoms. The van der Waals surface area contributed by atoms with E-state index in [0.29, 0.717) is 16.9 Å². The van der Waals surface area contributed by atoms with E-state index in [0.717, 1.165) is 48.3 Å². The molecule has 4 aromatic rings. The van der Waals surface area contributed by atoms with Crippen molar-refractivity contribution in [3.05, 3.63) is 89.5 Å². The Labute approximate surface area is 191 Å². The lowest BCUT2D eigenvalue weighted by Gasteiger charge is -2.26. The maximum absolute atomic E-state index is 14.0. The van der Waals surface area contributed by atoms with Crippen molar-refractivity contribution in [2.75, 3.05) is 20.2 Å². The number of fused-ring (bicyclic) bond motifs is 1. The smallest absolute Gasteiger partial charge is 0.138 e. The van der Waals surface area contributed by atoms with Gasteiger partial charge in [0.15, 0.2) is 0 Å². The van der Waals surface area contributed by atoms with Crippen LogP contribution in [0, 0.1) is 17.1 Å². The lowest BCUT2D eigenvalue weighted by atomic mass is 10.0. The molecule has 0 aliphatic carbocycles. The Morgan fingerprint density at radius 3 is 2.70 bits per heavy atom. The summed E-state index contributed by atoms with van der Waals surface area (Å²) in [5, 5.41) is 9.90. The van der Waals surface area contributed by atoms with Crippen molar-refractivity contribution >= 4 is 16.6 Å². The summed E-state index contributed by atoms with van der Waals surface area (Å²) in [6.07, 6.45) is 4.90. The summed E-state index contributed by atoms with van der Waals surface area (Å²) in [7, 11) is 1.59. The molecule has 0 radical (unpaired) electrons. The Morgan fingerprint density at radius 2 is 1.97 bits per heavy atom. The highest BCUT2D eigenvalue weighted by Crippen LogP contribution is 2.36. The normalized spacial score (nSPS) is 14.2. The van der Waals surface area contributed by atoms with Crippen LogP contribution in [-0.2, 0) is 6.54 Å². The van der Waals surface area contributed by atoms with E-state index in [1.54, 1.807) is 19.4 Å². The van der Waals surface area contributed by atoms with Crippen LogP contribution in [0.3, 0.4) is 0 Å². The monoisotopic (exact) mass is 438 g/mol. The molecule has 0 bridgehead atoms. The van der Waals surface area contributed by atoms with Gasteiger partial charge in [0.1, 0.15) is 17.2 Å². The molecule has 2 aromatic carbocycles. The van der Waals surface area contributed by atoms with Gasteiger partial charge in [-0.15, -0.1) is 0 Å². The van der Waals surface area contributed by atoms with Gasteiger partial charge in [0, 0.05) is 42.5 Å². The van der Waals surface area contributed by atoms with E-state index < -0.39 is 0 Å². The summed E-state index contributed by atoms with van der Waals surface area (Å²) in [5.41, 5.74) is 6.55. The van der Waals surface area contributed by atoms with E-state index in [-0.39, 0.29) is 5.82 Å². The Hall–Kier alpha value is -3.95. The maximum atomic E-state index is 14.0. The Morgan fingerprint density at radius 1 is 1.12 bits per heavy atom. The van der Waals surface area contributed by atoms with E-state index >= 15 is 0 Å². The molecule has 164 valence electrons.